The Morgan fingerprint density at radius 3 is 2.83 bits per heavy atom. The number of hydrogen-bond donors (Lipinski definition) is 1. The monoisotopic (exact) mass is 317 g/mol. The van der Waals surface area contributed by atoms with Crippen molar-refractivity contribution in [1.29, 1.82) is 0 Å². The molecule has 1 aromatic heterocycles. The van der Waals surface area contributed by atoms with E-state index in [9.17, 15) is 8.78 Å². The molecular weight excluding hydrogens is 308 g/mol. The number of anilines is 1. The third-order valence-corrected chi connectivity index (χ3v) is 2.91. The Balaban J connectivity index is 1.99. The largest absolute Gasteiger partial charge is 0.466 e. The molecule has 0 saturated carbocycles. The fourth-order valence-electron chi connectivity index (χ4n) is 1.42. The Labute approximate surface area is 111 Å². The summed E-state index contributed by atoms with van der Waals surface area (Å²) in [5.41, 5.74) is 0.677. The Hall–Kier alpha value is -1.56. The molecule has 1 aromatic carbocycles. The van der Waals surface area contributed by atoms with E-state index in [1.54, 1.807) is 24.5 Å². The van der Waals surface area contributed by atoms with Crippen LogP contribution in [0.3, 0.4) is 0 Å². The van der Waals surface area contributed by atoms with Gasteiger partial charge in [0.15, 0.2) is 0 Å². The number of rotatable bonds is 5. The zero-order chi connectivity index (χ0) is 13.0. The van der Waals surface area contributed by atoms with Crippen LogP contribution in [-0.2, 0) is 6.54 Å². The van der Waals surface area contributed by atoms with Crippen LogP contribution >= 0.6 is 15.9 Å². The molecule has 0 radical (unpaired) electrons. The highest BCUT2D eigenvalue weighted by Gasteiger charge is 2.06. The van der Waals surface area contributed by atoms with Crippen molar-refractivity contribution in [3.63, 3.8) is 0 Å². The molecule has 1 N–H and O–H groups in total. The van der Waals surface area contributed by atoms with E-state index in [4.69, 9.17) is 4.42 Å². The molecule has 0 saturated heterocycles. The SMILES string of the molecule is FC(F)Oc1cccc(NCc2occc2Br)c1. The van der Waals surface area contributed by atoms with Crippen LogP contribution in [0.15, 0.2) is 45.5 Å². The Kier molecular flexibility index (Phi) is 4.19. The first-order chi connectivity index (χ1) is 8.65. The molecule has 2 rings (SSSR count). The highest BCUT2D eigenvalue weighted by Crippen LogP contribution is 2.22. The molecule has 3 nitrogen and oxygen atoms in total. The number of halogens is 3. The molecule has 18 heavy (non-hydrogen) atoms. The van der Waals surface area contributed by atoms with Crippen molar-refractivity contribution in [3.05, 3.63) is 46.8 Å². The molecule has 0 amide bonds. The Morgan fingerprint density at radius 2 is 2.17 bits per heavy atom. The second-order valence-electron chi connectivity index (χ2n) is 3.45. The first-order valence-corrected chi connectivity index (χ1v) is 5.95. The van der Waals surface area contributed by atoms with Crippen LogP contribution in [0.4, 0.5) is 14.5 Å². The number of benzene rings is 1. The maximum absolute atomic E-state index is 12.1. The van der Waals surface area contributed by atoms with E-state index in [2.05, 4.69) is 26.0 Å². The summed E-state index contributed by atoms with van der Waals surface area (Å²) in [4.78, 5) is 0. The van der Waals surface area contributed by atoms with Crippen molar-refractivity contribution in [3.8, 4) is 5.75 Å². The van der Waals surface area contributed by atoms with E-state index in [0.717, 1.165) is 10.2 Å². The van der Waals surface area contributed by atoms with Gasteiger partial charge in [0.2, 0.25) is 0 Å². The van der Waals surface area contributed by atoms with E-state index in [1.807, 2.05) is 0 Å². The van der Waals surface area contributed by atoms with E-state index in [-0.39, 0.29) is 5.75 Å². The van der Waals surface area contributed by atoms with E-state index in [1.165, 1.54) is 12.1 Å². The van der Waals surface area contributed by atoms with Gasteiger partial charge in [-0.3, -0.25) is 0 Å². The highest BCUT2D eigenvalue weighted by molar-refractivity contribution is 9.10. The molecule has 0 spiro atoms. The lowest BCUT2D eigenvalue weighted by Crippen LogP contribution is -2.03. The summed E-state index contributed by atoms with van der Waals surface area (Å²) in [5, 5.41) is 3.05. The van der Waals surface area contributed by atoms with Gasteiger partial charge in [-0.2, -0.15) is 8.78 Å². The molecule has 0 aliphatic heterocycles. The van der Waals surface area contributed by atoms with Gasteiger partial charge in [-0.25, -0.2) is 0 Å². The van der Waals surface area contributed by atoms with Crippen LogP contribution in [0, 0.1) is 0 Å². The highest BCUT2D eigenvalue weighted by atomic mass is 79.9. The fourth-order valence-corrected chi connectivity index (χ4v) is 1.76. The molecule has 0 fully saturated rings. The van der Waals surface area contributed by atoms with Gasteiger partial charge in [-0.1, -0.05) is 6.07 Å². The fraction of sp³-hybridized carbons (Fsp3) is 0.167. The minimum atomic E-state index is -2.82. The van der Waals surface area contributed by atoms with Gasteiger partial charge in [0.1, 0.15) is 11.5 Å². The van der Waals surface area contributed by atoms with Gasteiger partial charge < -0.3 is 14.5 Å². The molecule has 0 aliphatic rings. The topological polar surface area (TPSA) is 34.4 Å². The van der Waals surface area contributed by atoms with Crippen molar-refractivity contribution in [2.24, 2.45) is 0 Å². The van der Waals surface area contributed by atoms with Crippen molar-refractivity contribution in [1.82, 2.24) is 0 Å². The molecule has 0 bridgehead atoms. The Bertz CT molecular complexity index is 516. The predicted octanol–water partition coefficient (Wildman–Crippen LogP) is 4.26. The van der Waals surface area contributed by atoms with Crippen molar-refractivity contribution in [2.75, 3.05) is 5.32 Å². The standard InChI is InChI=1S/C12H10BrF2NO2/c13-10-4-5-17-11(10)7-16-8-2-1-3-9(6-8)18-12(14)15/h1-6,12,16H,7H2. The molecule has 96 valence electrons. The number of hydrogen-bond acceptors (Lipinski definition) is 3. The van der Waals surface area contributed by atoms with Crippen molar-refractivity contribution < 1.29 is 17.9 Å². The van der Waals surface area contributed by atoms with Gasteiger partial charge in [0.25, 0.3) is 0 Å². The lowest BCUT2D eigenvalue weighted by atomic mass is 10.3. The van der Waals surface area contributed by atoms with Gasteiger partial charge in [0.05, 0.1) is 17.3 Å². The summed E-state index contributed by atoms with van der Waals surface area (Å²) >= 11 is 3.33. The third-order valence-electron chi connectivity index (χ3n) is 2.20. The van der Waals surface area contributed by atoms with E-state index in [0.29, 0.717) is 12.2 Å². The van der Waals surface area contributed by atoms with Crippen molar-refractivity contribution >= 4 is 21.6 Å². The minimum absolute atomic E-state index is 0.119. The van der Waals surface area contributed by atoms with E-state index >= 15 is 0 Å². The quantitative estimate of drug-likeness (QED) is 0.895. The molecular formula is C12H10BrF2NO2. The molecule has 0 unspecified atom stereocenters. The molecule has 0 aliphatic carbocycles. The summed E-state index contributed by atoms with van der Waals surface area (Å²) in [6, 6.07) is 8.16. The third kappa shape index (κ3) is 3.46. The summed E-state index contributed by atoms with van der Waals surface area (Å²) in [6.45, 7) is -2.37. The molecule has 6 heteroatoms. The first-order valence-electron chi connectivity index (χ1n) is 5.16. The van der Waals surface area contributed by atoms with Crippen LogP contribution in [0.1, 0.15) is 5.76 Å². The number of alkyl halides is 2. The van der Waals surface area contributed by atoms with Crippen LogP contribution in [0.25, 0.3) is 0 Å². The maximum atomic E-state index is 12.1. The van der Waals surface area contributed by atoms with Crippen LogP contribution in [0.2, 0.25) is 0 Å². The second kappa shape index (κ2) is 5.86. The summed E-state index contributed by atoms with van der Waals surface area (Å²) in [6.07, 6.45) is 1.57. The summed E-state index contributed by atoms with van der Waals surface area (Å²) in [7, 11) is 0. The predicted molar refractivity (Wildman–Crippen MR) is 66.8 cm³/mol. The second-order valence-corrected chi connectivity index (χ2v) is 4.31. The average molecular weight is 318 g/mol. The number of ether oxygens (including phenoxy) is 1. The van der Waals surface area contributed by atoms with Crippen molar-refractivity contribution in [2.45, 2.75) is 13.2 Å². The maximum Gasteiger partial charge on any atom is 0.387 e. The Morgan fingerprint density at radius 1 is 1.33 bits per heavy atom. The summed E-state index contributed by atoms with van der Waals surface area (Å²) < 4.78 is 34.5. The molecule has 2 aromatic rings. The van der Waals surface area contributed by atoms with Gasteiger partial charge in [-0.05, 0) is 34.1 Å². The first kappa shape index (κ1) is 12.9. The average Bonchev–Trinajstić information content (AvgIpc) is 2.72. The van der Waals surface area contributed by atoms with Crippen LogP contribution in [0.5, 0.6) is 5.75 Å². The lowest BCUT2D eigenvalue weighted by Gasteiger charge is -2.08. The van der Waals surface area contributed by atoms with Crippen LogP contribution < -0.4 is 10.1 Å². The minimum Gasteiger partial charge on any atom is -0.466 e. The normalized spacial score (nSPS) is 10.7. The lowest BCUT2D eigenvalue weighted by molar-refractivity contribution is -0.0498. The zero-order valence-corrected chi connectivity index (χ0v) is 10.8. The summed E-state index contributed by atoms with van der Waals surface area (Å²) in [5.74, 6) is 0.851. The number of nitrogens with one attached hydrogen (secondary N) is 1. The molecule has 0 atom stereocenters. The number of furan rings is 1. The van der Waals surface area contributed by atoms with Crippen LogP contribution in [-0.4, -0.2) is 6.61 Å². The van der Waals surface area contributed by atoms with Gasteiger partial charge in [0, 0.05) is 11.8 Å². The zero-order valence-electron chi connectivity index (χ0n) is 9.20. The van der Waals surface area contributed by atoms with Gasteiger partial charge in [-0.15, -0.1) is 0 Å². The van der Waals surface area contributed by atoms with Gasteiger partial charge >= 0.3 is 6.61 Å². The molecule has 1 heterocycles. The smallest absolute Gasteiger partial charge is 0.387 e. The van der Waals surface area contributed by atoms with E-state index < -0.39 is 6.61 Å².